The van der Waals surface area contributed by atoms with Crippen molar-refractivity contribution in [3.05, 3.63) is 42.6 Å². The third-order valence-electron chi connectivity index (χ3n) is 7.60. The number of nitrogen functional groups attached to an aromatic ring is 1. The zero-order valence-electron chi connectivity index (χ0n) is 24.7. The summed E-state index contributed by atoms with van der Waals surface area (Å²) >= 11 is 0. The average Bonchev–Trinajstić information content (AvgIpc) is 3.22. The van der Waals surface area contributed by atoms with E-state index in [0.29, 0.717) is 58.4 Å². The third-order valence-corrected chi connectivity index (χ3v) is 9.48. The molecule has 2 aromatic heterocycles. The third kappa shape index (κ3) is 7.28. The van der Waals surface area contributed by atoms with E-state index >= 15 is 0 Å². The first kappa shape index (κ1) is 30.4. The van der Waals surface area contributed by atoms with Crippen LogP contribution in [0.2, 0.25) is 0 Å². The number of aromatic nitrogens is 4. The summed E-state index contributed by atoms with van der Waals surface area (Å²) in [6.07, 6.45) is 3.06. The van der Waals surface area contributed by atoms with Gasteiger partial charge < -0.3 is 30.5 Å². The summed E-state index contributed by atoms with van der Waals surface area (Å²) in [6.45, 7) is 8.93. The normalized spacial score (nSPS) is 16.7. The quantitative estimate of drug-likeness (QED) is 0.366. The van der Waals surface area contributed by atoms with E-state index in [4.69, 9.17) is 10.5 Å². The van der Waals surface area contributed by atoms with Gasteiger partial charge in [-0.05, 0) is 50.1 Å². The van der Waals surface area contributed by atoms with Gasteiger partial charge in [-0.3, -0.25) is 0 Å². The lowest BCUT2D eigenvalue weighted by molar-refractivity contribution is 0.105. The van der Waals surface area contributed by atoms with Crippen molar-refractivity contribution in [1.82, 2.24) is 29.0 Å². The van der Waals surface area contributed by atoms with E-state index in [1.54, 1.807) is 27.0 Å². The van der Waals surface area contributed by atoms with Gasteiger partial charge in [0.25, 0.3) is 0 Å². The van der Waals surface area contributed by atoms with Crippen molar-refractivity contribution >= 4 is 45.2 Å². The number of ether oxygens (including phenoxy) is 1. The Morgan fingerprint density at radius 2 is 1.70 bits per heavy atom. The average molecular weight is 613 g/mol. The van der Waals surface area contributed by atoms with Crippen molar-refractivity contribution in [1.29, 1.82) is 0 Å². The van der Waals surface area contributed by atoms with Gasteiger partial charge in [-0.1, -0.05) is 6.92 Å². The zero-order valence-corrected chi connectivity index (χ0v) is 25.5. The van der Waals surface area contributed by atoms with E-state index in [1.807, 2.05) is 43.3 Å². The Kier molecular flexibility index (Phi) is 9.50. The molecule has 2 aliphatic heterocycles. The molecule has 0 bridgehead atoms. The van der Waals surface area contributed by atoms with Crippen LogP contribution in [0.3, 0.4) is 0 Å². The Labute approximate surface area is 252 Å². The summed E-state index contributed by atoms with van der Waals surface area (Å²) in [4.78, 5) is 27.3. The van der Waals surface area contributed by atoms with Crippen LogP contribution in [-0.2, 0) is 14.8 Å². The molecule has 3 N–H and O–H groups in total. The van der Waals surface area contributed by atoms with Crippen molar-refractivity contribution in [3.63, 3.8) is 0 Å². The maximum atomic E-state index is 12.3. The molecule has 14 nitrogen and oxygen atoms in total. The second-order valence-electron chi connectivity index (χ2n) is 10.5. The van der Waals surface area contributed by atoms with Crippen molar-refractivity contribution in [2.24, 2.45) is 0 Å². The van der Waals surface area contributed by atoms with Crippen LogP contribution in [-0.4, -0.2) is 108 Å². The zero-order chi connectivity index (χ0) is 30.4. The van der Waals surface area contributed by atoms with Crippen LogP contribution < -0.4 is 20.9 Å². The summed E-state index contributed by atoms with van der Waals surface area (Å²) in [5, 5.41) is 7.79. The van der Waals surface area contributed by atoms with Gasteiger partial charge in [-0.2, -0.15) is 14.0 Å². The molecule has 232 valence electrons. The summed E-state index contributed by atoms with van der Waals surface area (Å²) < 4.78 is 32.7. The predicted octanol–water partition coefficient (Wildman–Crippen LogP) is 2.52. The molecule has 0 saturated carbocycles. The van der Waals surface area contributed by atoms with Crippen LogP contribution in [0.5, 0.6) is 0 Å². The fraction of sp³-hybridized carbons (Fsp3) is 0.500. The molecule has 1 amide bonds. The highest BCUT2D eigenvalue weighted by Crippen LogP contribution is 2.24. The van der Waals surface area contributed by atoms with Crippen molar-refractivity contribution in [2.75, 3.05) is 85.6 Å². The van der Waals surface area contributed by atoms with E-state index in [9.17, 15) is 13.2 Å². The van der Waals surface area contributed by atoms with Crippen LogP contribution in [0.25, 0.3) is 5.69 Å². The molecule has 2 aliphatic rings. The Hall–Kier alpha value is -4.11. The SMILES string of the molecule is CCCOC(=O)N1CCCN(c2cc(-n3nc(Nc4ccc(N5CCN(S(=O)(=O)CC)CC5)cc4)nc3N)ccn2)CC1. The standard InChI is InChI=1S/C28H40N10O4S/c1-3-20-42-28(39)36-13-5-12-35(14-15-36)25-21-24(10-11-30-25)38-26(29)32-27(33-38)31-22-6-8-23(9-7-22)34-16-18-37(19-17-34)43(40,41)4-2/h6-11,21H,3-5,12-20H2,1-2H3,(H3,29,31,32,33). The van der Waals surface area contributed by atoms with E-state index in [0.717, 1.165) is 42.3 Å². The number of pyridine rings is 1. The number of nitrogens with two attached hydrogens (primary N) is 1. The molecule has 43 heavy (non-hydrogen) atoms. The van der Waals surface area contributed by atoms with Crippen molar-refractivity contribution in [2.45, 2.75) is 26.7 Å². The highest BCUT2D eigenvalue weighted by molar-refractivity contribution is 7.89. The molecule has 15 heteroatoms. The van der Waals surface area contributed by atoms with Crippen molar-refractivity contribution in [3.8, 4) is 5.69 Å². The number of benzene rings is 1. The molecule has 0 radical (unpaired) electrons. The number of nitrogens with one attached hydrogen (secondary N) is 1. The Balaban J connectivity index is 1.20. The van der Waals surface area contributed by atoms with Gasteiger partial charge in [0.1, 0.15) is 5.82 Å². The van der Waals surface area contributed by atoms with Gasteiger partial charge in [0, 0.05) is 76.0 Å². The number of hydrogen-bond acceptors (Lipinski definition) is 11. The molecular formula is C28H40N10O4S. The summed E-state index contributed by atoms with van der Waals surface area (Å²) in [5.41, 5.74) is 8.80. The van der Waals surface area contributed by atoms with Crippen LogP contribution in [0, 0.1) is 0 Å². The van der Waals surface area contributed by atoms with Crippen LogP contribution in [0.4, 0.5) is 33.9 Å². The topological polar surface area (TPSA) is 155 Å². The van der Waals surface area contributed by atoms with Crippen LogP contribution >= 0.6 is 0 Å². The van der Waals surface area contributed by atoms with E-state index < -0.39 is 10.0 Å². The van der Waals surface area contributed by atoms with Gasteiger partial charge in [0.2, 0.25) is 21.9 Å². The molecule has 1 aromatic carbocycles. The lowest BCUT2D eigenvalue weighted by atomic mass is 10.2. The first-order chi connectivity index (χ1) is 20.8. The molecule has 2 fully saturated rings. The van der Waals surface area contributed by atoms with Gasteiger partial charge >= 0.3 is 6.09 Å². The number of amides is 1. The Morgan fingerprint density at radius 1 is 0.953 bits per heavy atom. The fourth-order valence-electron chi connectivity index (χ4n) is 5.18. The van der Waals surface area contributed by atoms with Gasteiger partial charge in [0.05, 0.1) is 18.0 Å². The highest BCUT2D eigenvalue weighted by Gasteiger charge is 2.26. The minimum Gasteiger partial charge on any atom is -0.449 e. The highest BCUT2D eigenvalue weighted by atomic mass is 32.2. The molecule has 4 heterocycles. The van der Waals surface area contributed by atoms with Gasteiger partial charge in [-0.25, -0.2) is 18.2 Å². The number of anilines is 5. The number of sulfonamides is 1. The Morgan fingerprint density at radius 3 is 2.42 bits per heavy atom. The second-order valence-corrected chi connectivity index (χ2v) is 12.7. The predicted molar refractivity (Wildman–Crippen MR) is 167 cm³/mol. The first-order valence-corrected chi connectivity index (χ1v) is 16.3. The summed E-state index contributed by atoms with van der Waals surface area (Å²) in [7, 11) is -3.16. The number of nitrogens with zero attached hydrogens (tertiary/aromatic N) is 8. The summed E-state index contributed by atoms with van der Waals surface area (Å²) in [6, 6.07) is 11.6. The first-order valence-electron chi connectivity index (χ1n) is 14.7. The molecule has 5 rings (SSSR count). The molecular weight excluding hydrogens is 572 g/mol. The van der Waals surface area contributed by atoms with Gasteiger partial charge in [-0.15, -0.1) is 5.10 Å². The van der Waals surface area contributed by atoms with E-state index in [1.165, 1.54) is 0 Å². The number of piperazine rings is 1. The number of carbonyl (C=O) groups excluding carboxylic acids is 1. The molecule has 0 aliphatic carbocycles. The molecule has 0 atom stereocenters. The number of carbonyl (C=O) groups is 1. The number of rotatable bonds is 9. The van der Waals surface area contributed by atoms with Crippen LogP contribution in [0.15, 0.2) is 42.6 Å². The molecule has 0 unspecified atom stereocenters. The number of hydrogen-bond donors (Lipinski definition) is 2. The lowest BCUT2D eigenvalue weighted by Gasteiger charge is -2.35. The second kappa shape index (κ2) is 13.5. The lowest BCUT2D eigenvalue weighted by Crippen LogP contribution is -2.49. The van der Waals surface area contributed by atoms with E-state index in [2.05, 4.69) is 30.2 Å². The minimum absolute atomic E-state index is 0.125. The monoisotopic (exact) mass is 612 g/mol. The molecule has 2 saturated heterocycles. The smallest absolute Gasteiger partial charge is 0.409 e. The summed E-state index contributed by atoms with van der Waals surface area (Å²) in [5.74, 6) is 1.49. The molecule has 3 aromatic rings. The minimum atomic E-state index is -3.16. The van der Waals surface area contributed by atoms with Gasteiger partial charge in [0.15, 0.2) is 0 Å². The maximum absolute atomic E-state index is 12.3. The fourth-order valence-corrected chi connectivity index (χ4v) is 6.27. The molecule has 0 spiro atoms. The maximum Gasteiger partial charge on any atom is 0.409 e. The van der Waals surface area contributed by atoms with E-state index in [-0.39, 0.29) is 17.8 Å². The van der Waals surface area contributed by atoms with Crippen molar-refractivity contribution < 1.29 is 17.9 Å². The largest absolute Gasteiger partial charge is 0.449 e. The Bertz CT molecular complexity index is 1490. The van der Waals surface area contributed by atoms with Crippen LogP contribution in [0.1, 0.15) is 26.7 Å².